The fourth-order valence-electron chi connectivity index (χ4n) is 2.10. The standard InChI is InChI=1S/C11H19N5/c1-2-3-15-4-6-16(7-5-15)11-10(12)8-13-9-14-11/h8-9H,2-7,12H2,1H3. The number of piperazine rings is 1. The Balaban J connectivity index is 1.96. The molecule has 1 fully saturated rings. The summed E-state index contributed by atoms with van der Waals surface area (Å²) in [4.78, 5) is 12.9. The summed E-state index contributed by atoms with van der Waals surface area (Å²) in [6.45, 7) is 7.60. The number of nitrogens with zero attached hydrogens (tertiary/aromatic N) is 4. The van der Waals surface area contributed by atoms with Crippen molar-refractivity contribution in [1.82, 2.24) is 14.9 Å². The molecule has 0 amide bonds. The van der Waals surface area contributed by atoms with Gasteiger partial charge in [-0.25, -0.2) is 9.97 Å². The molecule has 16 heavy (non-hydrogen) atoms. The van der Waals surface area contributed by atoms with E-state index in [0.29, 0.717) is 5.69 Å². The Bertz CT molecular complexity index is 333. The number of nitrogen functional groups attached to an aromatic ring is 1. The summed E-state index contributed by atoms with van der Waals surface area (Å²) in [5, 5.41) is 0. The maximum atomic E-state index is 5.86. The zero-order chi connectivity index (χ0) is 11.4. The molecule has 1 saturated heterocycles. The highest BCUT2D eigenvalue weighted by Crippen LogP contribution is 2.19. The van der Waals surface area contributed by atoms with Gasteiger partial charge in [0.25, 0.3) is 0 Å². The molecule has 2 N–H and O–H groups in total. The lowest BCUT2D eigenvalue weighted by Crippen LogP contribution is -2.47. The lowest BCUT2D eigenvalue weighted by atomic mass is 10.3. The molecular formula is C11H19N5. The number of aromatic nitrogens is 2. The molecule has 0 radical (unpaired) electrons. The SMILES string of the molecule is CCCN1CCN(c2ncncc2N)CC1. The normalized spacial score (nSPS) is 17.7. The maximum Gasteiger partial charge on any atom is 0.155 e. The van der Waals surface area contributed by atoms with E-state index in [1.54, 1.807) is 12.5 Å². The zero-order valence-electron chi connectivity index (χ0n) is 9.76. The van der Waals surface area contributed by atoms with Gasteiger partial charge in [-0.1, -0.05) is 6.92 Å². The highest BCUT2D eigenvalue weighted by molar-refractivity contribution is 5.61. The van der Waals surface area contributed by atoms with Gasteiger partial charge in [-0.05, 0) is 13.0 Å². The second-order valence-corrected chi connectivity index (χ2v) is 4.13. The molecule has 0 bridgehead atoms. The van der Waals surface area contributed by atoms with Crippen LogP contribution in [0.5, 0.6) is 0 Å². The van der Waals surface area contributed by atoms with Crippen molar-refractivity contribution in [2.45, 2.75) is 13.3 Å². The van der Waals surface area contributed by atoms with Crippen LogP contribution < -0.4 is 10.6 Å². The van der Waals surface area contributed by atoms with E-state index in [-0.39, 0.29) is 0 Å². The van der Waals surface area contributed by atoms with Crippen molar-refractivity contribution in [3.63, 3.8) is 0 Å². The van der Waals surface area contributed by atoms with Crippen molar-refractivity contribution in [2.75, 3.05) is 43.4 Å². The van der Waals surface area contributed by atoms with Crippen LogP contribution in [0, 0.1) is 0 Å². The quantitative estimate of drug-likeness (QED) is 0.809. The first-order chi connectivity index (χ1) is 7.81. The summed E-state index contributed by atoms with van der Waals surface area (Å²) in [5.74, 6) is 0.881. The molecule has 1 aromatic rings. The van der Waals surface area contributed by atoms with E-state index in [1.165, 1.54) is 13.0 Å². The molecule has 0 aromatic carbocycles. The van der Waals surface area contributed by atoms with Gasteiger partial charge >= 0.3 is 0 Å². The van der Waals surface area contributed by atoms with Crippen molar-refractivity contribution in [3.8, 4) is 0 Å². The van der Waals surface area contributed by atoms with Crippen LogP contribution in [0.15, 0.2) is 12.5 Å². The number of nitrogens with two attached hydrogens (primary N) is 1. The Morgan fingerprint density at radius 2 is 2.06 bits per heavy atom. The van der Waals surface area contributed by atoms with Crippen LogP contribution in [0.25, 0.3) is 0 Å². The maximum absolute atomic E-state index is 5.86. The van der Waals surface area contributed by atoms with Gasteiger partial charge in [0.2, 0.25) is 0 Å². The van der Waals surface area contributed by atoms with Crippen molar-refractivity contribution >= 4 is 11.5 Å². The zero-order valence-corrected chi connectivity index (χ0v) is 9.76. The molecule has 0 atom stereocenters. The van der Waals surface area contributed by atoms with E-state index in [4.69, 9.17) is 5.73 Å². The van der Waals surface area contributed by atoms with Crippen LogP contribution in [-0.2, 0) is 0 Å². The summed E-state index contributed by atoms with van der Waals surface area (Å²) >= 11 is 0. The van der Waals surface area contributed by atoms with Crippen LogP contribution in [0.4, 0.5) is 11.5 Å². The first-order valence-corrected chi connectivity index (χ1v) is 5.84. The summed E-state index contributed by atoms with van der Waals surface area (Å²) in [7, 11) is 0. The molecular weight excluding hydrogens is 202 g/mol. The second kappa shape index (κ2) is 5.12. The Hall–Kier alpha value is -1.36. The van der Waals surface area contributed by atoms with Crippen LogP contribution >= 0.6 is 0 Å². The van der Waals surface area contributed by atoms with E-state index >= 15 is 0 Å². The molecule has 0 unspecified atom stereocenters. The molecule has 5 nitrogen and oxygen atoms in total. The van der Waals surface area contributed by atoms with Gasteiger partial charge in [0.05, 0.1) is 11.9 Å². The van der Waals surface area contributed by atoms with Crippen LogP contribution in [0.2, 0.25) is 0 Å². The van der Waals surface area contributed by atoms with E-state index in [1.807, 2.05) is 0 Å². The fourth-order valence-corrected chi connectivity index (χ4v) is 2.10. The van der Waals surface area contributed by atoms with Crippen molar-refractivity contribution < 1.29 is 0 Å². The molecule has 2 rings (SSSR count). The molecule has 1 aliphatic rings. The van der Waals surface area contributed by atoms with Gasteiger partial charge in [0.1, 0.15) is 6.33 Å². The first-order valence-electron chi connectivity index (χ1n) is 5.84. The van der Waals surface area contributed by atoms with E-state index in [2.05, 4.69) is 26.7 Å². The Morgan fingerprint density at radius 1 is 1.31 bits per heavy atom. The lowest BCUT2D eigenvalue weighted by Gasteiger charge is -2.35. The summed E-state index contributed by atoms with van der Waals surface area (Å²) in [6.07, 6.45) is 4.44. The van der Waals surface area contributed by atoms with Crippen LogP contribution in [0.3, 0.4) is 0 Å². The largest absolute Gasteiger partial charge is 0.394 e. The van der Waals surface area contributed by atoms with Crippen molar-refractivity contribution in [2.24, 2.45) is 0 Å². The highest BCUT2D eigenvalue weighted by Gasteiger charge is 2.18. The average Bonchev–Trinajstić information content (AvgIpc) is 2.31. The van der Waals surface area contributed by atoms with E-state index < -0.39 is 0 Å². The van der Waals surface area contributed by atoms with Gasteiger partial charge < -0.3 is 10.6 Å². The molecule has 5 heteroatoms. The fraction of sp³-hybridized carbons (Fsp3) is 0.636. The molecule has 0 aliphatic carbocycles. The van der Waals surface area contributed by atoms with E-state index in [0.717, 1.165) is 32.0 Å². The number of anilines is 2. The third-order valence-electron chi connectivity index (χ3n) is 2.93. The van der Waals surface area contributed by atoms with Crippen molar-refractivity contribution in [3.05, 3.63) is 12.5 Å². The minimum atomic E-state index is 0.673. The monoisotopic (exact) mass is 221 g/mol. The van der Waals surface area contributed by atoms with Crippen LogP contribution in [0.1, 0.15) is 13.3 Å². The van der Waals surface area contributed by atoms with Gasteiger partial charge in [-0.3, -0.25) is 4.90 Å². The lowest BCUT2D eigenvalue weighted by molar-refractivity contribution is 0.258. The summed E-state index contributed by atoms with van der Waals surface area (Å²) in [6, 6.07) is 0. The van der Waals surface area contributed by atoms with Gasteiger partial charge in [0.15, 0.2) is 5.82 Å². The molecule has 1 aliphatic heterocycles. The molecule has 2 heterocycles. The molecule has 88 valence electrons. The second-order valence-electron chi connectivity index (χ2n) is 4.13. The molecule has 0 spiro atoms. The smallest absolute Gasteiger partial charge is 0.155 e. The summed E-state index contributed by atoms with van der Waals surface area (Å²) in [5.41, 5.74) is 6.54. The van der Waals surface area contributed by atoms with Crippen molar-refractivity contribution in [1.29, 1.82) is 0 Å². The van der Waals surface area contributed by atoms with Gasteiger partial charge in [-0.2, -0.15) is 0 Å². The predicted octanol–water partition coefficient (Wildman–Crippen LogP) is 0.591. The Kier molecular flexibility index (Phi) is 3.56. The minimum Gasteiger partial charge on any atom is -0.394 e. The first kappa shape index (κ1) is 11.1. The Labute approximate surface area is 96.3 Å². The number of rotatable bonds is 3. The predicted molar refractivity (Wildman–Crippen MR) is 65.4 cm³/mol. The topological polar surface area (TPSA) is 58.3 Å². The van der Waals surface area contributed by atoms with Gasteiger partial charge in [0, 0.05) is 26.2 Å². The average molecular weight is 221 g/mol. The minimum absolute atomic E-state index is 0.673. The van der Waals surface area contributed by atoms with E-state index in [9.17, 15) is 0 Å². The summed E-state index contributed by atoms with van der Waals surface area (Å²) < 4.78 is 0. The third-order valence-corrected chi connectivity index (χ3v) is 2.93. The Morgan fingerprint density at radius 3 is 2.69 bits per heavy atom. The van der Waals surface area contributed by atoms with Crippen LogP contribution in [-0.4, -0.2) is 47.6 Å². The molecule has 1 aromatic heterocycles. The number of hydrogen-bond acceptors (Lipinski definition) is 5. The molecule has 0 saturated carbocycles. The number of hydrogen-bond donors (Lipinski definition) is 1. The highest BCUT2D eigenvalue weighted by atomic mass is 15.3. The van der Waals surface area contributed by atoms with Gasteiger partial charge in [-0.15, -0.1) is 0 Å². The third kappa shape index (κ3) is 2.41.